The van der Waals surface area contributed by atoms with Crippen molar-refractivity contribution in [2.45, 2.75) is 40.0 Å². The first-order valence-electron chi connectivity index (χ1n) is 4.93. The molecular formula is C10H21N. The molecule has 0 amide bonds. The van der Waals surface area contributed by atoms with Crippen LogP contribution in [0, 0.1) is 11.3 Å². The van der Waals surface area contributed by atoms with E-state index in [0.29, 0.717) is 5.41 Å². The van der Waals surface area contributed by atoms with E-state index in [1.165, 1.54) is 32.4 Å². The van der Waals surface area contributed by atoms with Gasteiger partial charge in [-0.15, -0.1) is 0 Å². The van der Waals surface area contributed by atoms with Gasteiger partial charge in [0, 0.05) is 0 Å². The predicted molar refractivity (Wildman–Crippen MR) is 49.7 cm³/mol. The highest BCUT2D eigenvalue weighted by Gasteiger charge is 2.32. The summed E-state index contributed by atoms with van der Waals surface area (Å²) in [6, 6.07) is 0. The van der Waals surface area contributed by atoms with Crippen LogP contribution in [0.5, 0.6) is 0 Å². The summed E-state index contributed by atoms with van der Waals surface area (Å²) >= 11 is 0. The lowest BCUT2D eigenvalue weighted by molar-refractivity contribution is 0.184. The highest BCUT2D eigenvalue weighted by atomic mass is 14.9. The normalized spacial score (nSPS) is 25.9. The largest absolute Gasteiger partial charge is 0.316 e. The highest BCUT2D eigenvalue weighted by molar-refractivity contribution is 4.85. The summed E-state index contributed by atoms with van der Waals surface area (Å²) in [6.07, 6.45) is 4.05. The summed E-state index contributed by atoms with van der Waals surface area (Å²) in [6.45, 7) is 9.56. The molecule has 1 aliphatic rings. The average molecular weight is 155 g/mol. The van der Waals surface area contributed by atoms with Gasteiger partial charge in [-0.3, -0.25) is 0 Å². The summed E-state index contributed by atoms with van der Waals surface area (Å²) in [5.74, 6) is 0.928. The fraction of sp³-hybridized carbons (Fsp3) is 1.00. The lowest BCUT2D eigenvalue weighted by Gasteiger charge is -2.33. The second-order valence-corrected chi connectivity index (χ2v) is 4.05. The Balaban J connectivity index is 2.52. The molecule has 0 aliphatic carbocycles. The minimum absolute atomic E-state index is 0.601. The van der Waals surface area contributed by atoms with Crippen LogP contribution in [0.3, 0.4) is 0 Å². The van der Waals surface area contributed by atoms with Gasteiger partial charge in [-0.2, -0.15) is 0 Å². The van der Waals surface area contributed by atoms with Crippen molar-refractivity contribution >= 4 is 0 Å². The minimum Gasteiger partial charge on any atom is -0.316 e. The quantitative estimate of drug-likeness (QED) is 0.660. The van der Waals surface area contributed by atoms with Crippen LogP contribution in [0.4, 0.5) is 0 Å². The molecule has 0 bridgehead atoms. The number of hydrogen-bond acceptors (Lipinski definition) is 1. The Morgan fingerprint density at radius 1 is 1.36 bits per heavy atom. The lowest BCUT2D eigenvalue weighted by atomic mass is 9.72. The second-order valence-electron chi connectivity index (χ2n) is 4.05. The molecule has 1 heterocycles. The molecule has 0 spiro atoms. The summed E-state index contributed by atoms with van der Waals surface area (Å²) in [7, 11) is 0. The van der Waals surface area contributed by atoms with Crippen LogP contribution in [0.1, 0.15) is 40.0 Å². The van der Waals surface area contributed by atoms with Crippen LogP contribution in [0.15, 0.2) is 0 Å². The zero-order valence-electron chi connectivity index (χ0n) is 8.11. The molecule has 1 nitrogen and oxygen atoms in total. The van der Waals surface area contributed by atoms with E-state index in [1.54, 1.807) is 0 Å². The third kappa shape index (κ3) is 1.76. The SMILES string of the molecule is CCC(C)(CC)C1CCNC1. The summed E-state index contributed by atoms with van der Waals surface area (Å²) < 4.78 is 0. The van der Waals surface area contributed by atoms with E-state index in [9.17, 15) is 0 Å². The predicted octanol–water partition coefficient (Wildman–Crippen LogP) is 2.42. The van der Waals surface area contributed by atoms with Crippen LogP contribution in [-0.2, 0) is 0 Å². The summed E-state index contributed by atoms with van der Waals surface area (Å²) in [4.78, 5) is 0. The molecule has 1 saturated heterocycles. The van der Waals surface area contributed by atoms with Crippen molar-refractivity contribution in [2.24, 2.45) is 11.3 Å². The van der Waals surface area contributed by atoms with E-state index >= 15 is 0 Å². The van der Waals surface area contributed by atoms with Crippen molar-refractivity contribution in [1.29, 1.82) is 0 Å². The van der Waals surface area contributed by atoms with Gasteiger partial charge in [0.2, 0.25) is 0 Å². The Morgan fingerprint density at radius 3 is 2.36 bits per heavy atom. The molecule has 1 fully saturated rings. The smallest absolute Gasteiger partial charge is 0.00148 e. The maximum Gasteiger partial charge on any atom is -0.00148 e. The van der Waals surface area contributed by atoms with Crippen molar-refractivity contribution in [2.75, 3.05) is 13.1 Å². The van der Waals surface area contributed by atoms with Gasteiger partial charge in [0.05, 0.1) is 0 Å². The molecule has 1 heteroatoms. The average Bonchev–Trinajstić information content (AvgIpc) is 2.55. The molecular weight excluding hydrogens is 134 g/mol. The van der Waals surface area contributed by atoms with Crippen molar-refractivity contribution in [1.82, 2.24) is 5.32 Å². The Bertz CT molecular complexity index is 110. The molecule has 0 aromatic carbocycles. The van der Waals surface area contributed by atoms with Gasteiger partial charge in [-0.1, -0.05) is 33.6 Å². The number of hydrogen-bond donors (Lipinski definition) is 1. The van der Waals surface area contributed by atoms with Gasteiger partial charge < -0.3 is 5.32 Å². The van der Waals surface area contributed by atoms with Gasteiger partial charge >= 0.3 is 0 Å². The third-order valence-corrected chi connectivity index (χ3v) is 3.66. The first kappa shape index (κ1) is 9.05. The van der Waals surface area contributed by atoms with E-state index in [2.05, 4.69) is 26.1 Å². The van der Waals surface area contributed by atoms with Gasteiger partial charge in [0.1, 0.15) is 0 Å². The van der Waals surface area contributed by atoms with Crippen LogP contribution >= 0.6 is 0 Å². The molecule has 0 radical (unpaired) electrons. The van der Waals surface area contributed by atoms with Crippen LogP contribution < -0.4 is 5.32 Å². The topological polar surface area (TPSA) is 12.0 Å². The minimum atomic E-state index is 0.601. The summed E-state index contributed by atoms with van der Waals surface area (Å²) in [5, 5.41) is 3.45. The fourth-order valence-electron chi connectivity index (χ4n) is 2.08. The zero-order chi connectivity index (χ0) is 8.32. The fourth-order valence-corrected chi connectivity index (χ4v) is 2.08. The van der Waals surface area contributed by atoms with Crippen molar-refractivity contribution in [3.8, 4) is 0 Å². The van der Waals surface area contributed by atoms with E-state index in [0.717, 1.165) is 5.92 Å². The highest BCUT2D eigenvalue weighted by Crippen LogP contribution is 2.37. The first-order chi connectivity index (χ1) is 5.23. The van der Waals surface area contributed by atoms with Crippen LogP contribution in [-0.4, -0.2) is 13.1 Å². The van der Waals surface area contributed by atoms with Crippen LogP contribution in [0.25, 0.3) is 0 Å². The summed E-state index contributed by atoms with van der Waals surface area (Å²) in [5.41, 5.74) is 0.601. The zero-order valence-corrected chi connectivity index (χ0v) is 8.11. The van der Waals surface area contributed by atoms with Crippen LogP contribution in [0.2, 0.25) is 0 Å². The monoisotopic (exact) mass is 155 g/mol. The molecule has 1 aliphatic heterocycles. The lowest BCUT2D eigenvalue weighted by Crippen LogP contribution is -2.27. The Morgan fingerprint density at radius 2 is 2.00 bits per heavy atom. The van der Waals surface area contributed by atoms with E-state index in [4.69, 9.17) is 0 Å². The number of rotatable bonds is 3. The molecule has 1 rings (SSSR count). The van der Waals surface area contributed by atoms with Gasteiger partial charge in [0.25, 0.3) is 0 Å². The molecule has 1 unspecified atom stereocenters. The van der Waals surface area contributed by atoms with Crippen molar-refractivity contribution in [3.05, 3.63) is 0 Å². The van der Waals surface area contributed by atoms with E-state index < -0.39 is 0 Å². The van der Waals surface area contributed by atoms with Crippen molar-refractivity contribution in [3.63, 3.8) is 0 Å². The molecule has 0 aromatic heterocycles. The maximum absolute atomic E-state index is 3.45. The molecule has 0 saturated carbocycles. The van der Waals surface area contributed by atoms with E-state index in [-0.39, 0.29) is 0 Å². The molecule has 11 heavy (non-hydrogen) atoms. The van der Waals surface area contributed by atoms with Crippen molar-refractivity contribution < 1.29 is 0 Å². The first-order valence-corrected chi connectivity index (χ1v) is 4.93. The number of nitrogens with one attached hydrogen (secondary N) is 1. The Hall–Kier alpha value is -0.0400. The van der Waals surface area contributed by atoms with Gasteiger partial charge in [-0.25, -0.2) is 0 Å². The Kier molecular flexibility index (Phi) is 2.94. The third-order valence-electron chi connectivity index (χ3n) is 3.66. The standard InChI is InChI=1S/C10H21N/c1-4-10(3,5-2)9-6-7-11-8-9/h9,11H,4-8H2,1-3H3. The van der Waals surface area contributed by atoms with Gasteiger partial charge in [0.15, 0.2) is 0 Å². The molecule has 0 aromatic rings. The maximum atomic E-state index is 3.45. The second kappa shape index (κ2) is 3.57. The van der Waals surface area contributed by atoms with Gasteiger partial charge in [-0.05, 0) is 30.8 Å². The molecule has 1 N–H and O–H groups in total. The molecule has 66 valence electrons. The molecule has 1 atom stereocenters. The van der Waals surface area contributed by atoms with E-state index in [1.807, 2.05) is 0 Å². The Labute approximate surface area is 70.6 Å².